The van der Waals surface area contributed by atoms with Crippen molar-refractivity contribution in [2.24, 2.45) is 17.0 Å². The smallest absolute Gasteiger partial charge is 0.323 e. The first-order valence-corrected chi connectivity index (χ1v) is 7.59. The molecule has 0 radical (unpaired) electrons. The predicted molar refractivity (Wildman–Crippen MR) is 78.2 cm³/mol. The average Bonchev–Trinajstić information content (AvgIpc) is 2.43. The molecule has 3 atom stereocenters. The van der Waals surface area contributed by atoms with Gasteiger partial charge >= 0.3 is 5.97 Å². The molecule has 0 heterocycles. The molecule has 1 saturated carbocycles. The fraction of sp³-hybridized carbons (Fsp3) is 0.929. The van der Waals surface area contributed by atoms with E-state index in [1.54, 1.807) is 0 Å². The molecule has 1 aliphatic carbocycles. The van der Waals surface area contributed by atoms with Gasteiger partial charge in [-0.05, 0) is 50.1 Å². The summed E-state index contributed by atoms with van der Waals surface area (Å²) in [6, 6.07) is -0.219. The maximum absolute atomic E-state index is 12.1. The van der Waals surface area contributed by atoms with Crippen molar-refractivity contribution in [3.8, 4) is 0 Å². The molecule has 1 fully saturated rings. The second kappa shape index (κ2) is 9.61. The van der Waals surface area contributed by atoms with E-state index in [1.807, 2.05) is 6.92 Å². The first kappa shape index (κ1) is 16.8. The van der Waals surface area contributed by atoms with Crippen LogP contribution in [0.3, 0.4) is 0 Å². The van der Waals surface area contributed by atoms with Gasteiger partial charge in [-0.2, -0.15) is 0 Å². The number of hydrogen-bond acceptors (Lipinski definition) is 4. The molecule has 1 rings (SSSR count). The van der Waals surface area contributed by atoms with E-state index in [-0.39, 0.29) is 12.0 Å². The summed E-state index contributed by atoms with van der Waals surface area (Å²) in [5, 5.41) is 6.79. The summed E-state index contributed by atoms with van der Waals surface area (Å²) in [7, 11) is 0. The lowest BCUT2D eigenvalue weighted by molar-refractivity contribution is -0.147. The Hall–Kier alpha value is -1.26. The number of hydrogen-bond donors (Lipinski definition) is 1. The number of nitrogens with zero attached hydrogens (tertiary/aromatic N) is 3. The number of rotatable bonds is 8. The van der Waals surface area contributed by atoms with Crippen molar-refractivity contribution in [1.82, 2.24) is 5.32 Å². The van der Waals surface area contributed by atoms with Gasteiger partial charge in [-0.1, -0.05) is 24.9 Å². The number of nitrogens with one attached hydrogen (secondary N) is 1. The zero-order chi connectivity index (χ0) is 14.8. The lowest BCUT2D eigenvalue weighted by atomic mass is 9.78. The molecule has 114 valence electrons. The van der Waals surface area contributed by atoms with Gasteiger partial charge in [-0.3, -0.25) is 4.79 Å². The summed E-state index contributed by atoms with van der Waals surface area (Å²) in [5.74, 6) is 0.892. The molecule has 0 aromatic heterocycles. The molecule has 0 aliphatic heterocycles. The maximum Gasteiger partial charge on any atom is 0.323 e. The molecular formula is C14H26N4O2. The van der Waals surface area contributed by atoms with E-state index in [9.17, 15) is 4.79 Å². The van der Waals surface area contributed by atoms with Gasteiger partial charge in [-0.25, -0.2) is 0 Å². The summed E-state index contributed by atoms with van der Waals surface area (Å²) < 4.78 is 5.19. The Balaban J connectivity index is 2.50. The number of carbonyl (C=O) groups excluding carboxylic acids is 1. The molecule has 0 bridgehead atoms. The summed E-state index contributed by atoms with van der Waals surface area (Å²) in [5.41, 5.74) is 8.23. The SMILES string of the molecule is CCOC(=O)C(NCCCN=[N+]=[N-])C1CCCC(C)C1. The van der Waals surface area contributed by atoms with Crippen molar-refractivity contribution < 1.29 is 9.53 Å². The minimum Gasteiger partial charge on any atom is -0.465 e. The Morgan fingerprint density at radius 3 is 3.00 bits per heavy atom. The molecule has 3 unspecified atom stereocenters. The molecule has 0 saturated heterocycles. The summed E-state index contributed by atoms with van der Waals surface area (Å²) in [6.45, 7) is 5.63. The molecule has 1 N–H and O–H groups in total. The molecule has 0 aromatic rings. The molecule has 0 amide bonds. The quantitative estimate of drug-likeness (QED) is 0.244. The van der Waals surface area contributed by atoms with Crippen LogP contribution in [0.15, 0.2) is 5.11 Å². The van der Waals surface area contributed by atoms with Crippen LogP contribution in [0.4, 0.5) is 0 Å². The van der Waals surface area contributed by atoms with Crippen LogP contribution in [0.25, 0.3) is 10.4 Å². The van der Waals surface area contributed by atoms with Gasteiger partial charge < -0.3 is 10.1 Å². The molecule has 1 aliphatic rings. The first-order chi connectivity index (χ1) is 9.69. The molecule has 6 heteroatoms. The second-order valence-electron chi connectivity index (χ2n) is 5.52. The van der Waals surface area contributed by atoms with Crippen molar-refractivity contribution in [1.29, 1.82) is 0 Å². The zero-order valence-electron chi connectivity index (χ0n) is 12.5. The minimum atomic E-state index is -0.219. The van der Waals surface area contributed by atoms with Crippen molar-refractivity contribution >= 4 is 5.97 Å². The van der Waals surface area contributed by atoms with E-state index in [4.69, 9.17) is 10.3 Å². The van der Waals surface area contributed by atoms with Gasteiger partial charge in [0.05, 0.1) is 6.61 Å². The Labute approximate surface area is 120 Å². The maximum atomic E-state index is 12.1. The van der Waals surface area contributed by atoms with E-state index >= 15 is 0 Å². The van der Waals surface area contributed by atoms with Crippen LogP contribution >= 0.6 is 0 Å². The fourth-order valence-electron chi connectivity index (χ4n) is 2.91. The highest BCUT2D eigenvalue weighted by Crippen LogP contribution is 2.31. The molecule has 0 aromatic carbocycles. The van der Waals surface area contributed by atoms with Crippen LogP contribution in [0, 0.1) is 11.8 Å². The van der Waals surface area contributed by atoms with Crippen molar-refractivity contribution in [3.63, 3.8) is 0 Å². The monoisotopic (exact) mass is 282 g/mol. The summed E-state index contributed by atoms with van der Waals surface area (Å²) in [4.78, 5) is 14.8. The van der Waals surface area contributed by atoms with Gasteiger partial charge in [0.1, 0.15) is 6.04 Å². The second-order valence-corrected chi connectivity index (χ2v) is 5.52. The molecular weight excluding hydrogens is 256 g/mol. The summed E-state index contributed by atoms with van der Waals surface area (Å²) >= 11 is 0. The zero-order valence-corrected chi connectivity index (χ0v) is 12.5. The van der Waals surface area contributed by atoms with Crippen LogP contribution < -0.4 is 5.32 Å². The van der Waals surface area contributed by atoms with Crippen LogP contribution in [0.1, 0.15) is 46.0 Å². The number of esters is 1. The molecule has 0 spiro atoms. The Kier molecular flexibility index (Phi) is 8.07. The lowest BCUT2D eigenvalue weighted by Crippen LogP contribution is -2.45. The number of azide groups is 1. The minimum absolute atomic E-state index is 0.143. The van der Waals surface area contributed by atoms with Crippen molar-refractivity contribution in [3.05, 3.63) is 10.4 Å². The van der Waals surface area contributed by atoms with E-state index in [0.29, 0.717) is 31.5 Å². The fourth-order valence-corrected chi connectivity index (χ4v) is 2.91. The van der Waals surface area contributed by atoms with Crippen LogP contribution in [-0.2, 0) is 9.53 Å². The standard InChI is InChI=1S/C14H26N4O2/c1-3-20-14(19)13(16-8-5-9-17-18-15)12-7-4-6-11(2)10-12/h11-13,16H,3-10H2,1-2H3. The van der Waals surface area contributed by atoms with Gasteiger partial charge in [0.25, 0.3) is 0 Å². The van der Waals surface area contributed by atoms with Crippen molar-refractivity contribution in [2.45, 2.75) is 52.0 Å². The molecule has 6 nitrogen and oxygen atoms in total. The van der Waals surface area contributed by atoms with E-state index < -0.39 is 0 Å². The van der Waals surface area contributed by atoms with Crippen LogP contribution in [0.5, 0.6) is 0 Å². The largest absolute Gasteiger partial charge is 0.465 e. The Morgan fingerprint density at radius 1 is 1.55 bits per heavy atom. The topological polar surface area (TPSA) is 87.1 Å². The summed E-state index contributed by atoms with van der Waals surface area (Å²) in [6.07, 6.45) is 5.33. The third-order valence-electron chi connectivity index (χ3n) is 3.85. The third-order valence-corrected chi connectivity index (χ3v) is 3.85. The highest BCUT2D eigenvalue weighted by molar-refractivity contribution is 5.76. The molecule has 20 heavy (non-hydrogen) atoms. The van der Waals surface area contributed by atoms with Crippen LogP contribution in [-0.4, -0.2) is 31.7 Å². The van der Waals surface area contributed by atoms with E-state index in [0.717, 1.165) is 19.3 Å². The third kappa shape index (κ3) is 5.80. The van der Waals surface area contributed by atoms with Crippen molar-refractivity contribution in [2.75, 3.05) is 19.7 Å². The van der Waals surface area contributed by atoms with Gasteiger partial charge in [0, 0.05) is 11.5 Å². The predicted octanol–water partition coefficient (Wildman–Crippen LogP) is 3.03. The van der Waals surface area contributed by atoms with Gasteiger partial charge in [0.15, 0.2) is 0 Å². The Morgan fingerprint density at radius 2 is 2.35 bits per heavy atom. The highest BCUT2D eigenvalue weighted by Gasteiger charge is 2.32. The van der Waals surface area contributed by atoms with E-state index in [1.165, 1.54) is 12.8 Å². The first-order valence-electron chi connectivity index (χ1n) is 7.59. The number of carbonyl (C=O) groups is 1. The normalized spacial score (nSPS) is 23.7. The highest BCUT2D eigenvalue weighted by atomic mass is 16.5. The van der Waals surface area contributed by atoms with Gasteiger partial charge in [-0.15, -0.1) is 0 Å². The van der Waals surface area contributed by atoms with Gasteiger partial charge in [0.2, 0.25) is 0 Å². The van der Waals surface area contributed by atoms with Crippen LogP contribution in [0.2, 0.25) is 0 Å². The Bertz CT molecular complexity index is 342. The van der Waals surface area contributed by atoms with E-state index in [2.05, 4.69) is 22.3 Å². The number of ether oxygens (including phenoxy) is 1. The average molecular weight is 282 g/mol. The lowest BCUT2D eigenvalue weighted by Gasteiger charge is -2.32.